The molecule has 2 atom stereocenters. The Morgan fingerprint density at radius 2 is 1.76 bits per heavy atom. The number of benzene rings is 2. The van der Waals surface area contributed by atoms with Crippen molar-refractivity contribution in [2.24, 2.45) is 11.8 Å². The number of aryl methyl sites for hydroxylation is 1. The molecule has 2 aromatic carbocycles. The number of H-pyrrole nitrogens is 1. The van der Waals surface area contributed by atoms with Gasteiger partial charge < -0.3 is 4.74 Å². The van der Waals surface area contributed by atoms with E-state index in [1.807, 2.05) is 49.4 Å². The molecule has 1 N–H and O–H groups in total. The molecule has 3 heterocycles. The van der Waals surface area contributed by atoms with Gasteiger partial charge in [0.1, 0.15) is 0 Å². The number of sulfonamides is 1. The van der Waals surface area contributed by atoms with E-state index in [4.69, 9.17) is 4.74 Å². The van der Waals surface area contributed by atoms with Gasteiger partial charge in [0.2, 0.25) is 10.0 Å². The van der Waals surface area contributed by atoms with Crippen LogP contribution in [-0.4, -0.2) is 54.2 Å². The summed E-state index contributed by atoms with van der Waals surface area (Å²) in [7, 11) is -3.58. The molecule has 2 aliphatic heterocycles. The summed E-state index contributed by atoms with van der Waals surface area (Å²) < 4.78 is 33.7. The lowest BCUT2D eigenvalue weighted by atomic mass is 10.0. The standard InChI is InChI=1S/C21H22N4O3S/c1-14-7-8-16(21-22-20(23-24-21)15-5-3-2-4-6-15)9-19(14)29(26,27)25-10-17-12-28-13-18(17)11-25/h2-9,17-18H,10-13H2,1H3,(H,22,23,24)/t17-,18+. The normalized spacial score (nSPS) is 22.1. The van der Waals surface area contributed by atoms with Gasteiger partial charge in [-0.15, -0.1) is 0 Å². The minimum Gasteiger partial charge on any atom is -0.381 e. The van der Waals surface area contributed by atoms with Crippen molar-refractivity contribution in [1.82, 2.24) is 19.5 Å². The van der Waals surface area contributed by atoms with Crippen molar-refractivity contribution in [1.29, 1.82) is 0 Å². The Morgan fingerprint density at radius 1 is 1.03 bits per heavy atom. The molecular weight excluding hydrogens is 388 g/mol. The fourth-order valence-electron chi connectivity index (χ4n) is 4.11. The van der Waals surface area contributed by atoms with Crippen molar-refractivity contribution in [2.75, 3.05) is 26.3 Å². The molecule has 1 aromatic heterocycles. The van der Waals surface area contributed by atoms with Gasteiger partial charge in [-0.2, -0.15) is 9.40 Å². The Bertz CT molecular complexity index is 1130. The zero-order valence-electron chi connectivity index (χ0n) is 16.1. The van der Waals surface area contributed by atoms with Crippen LogP contribution >= 0.6 is 0 Å². The maximum Gasteiger partial charge on any atom is 0.243 e. The lowest BCUT2D eigenvalue weighted by Gasteiger charge is -2.19. The summed E-state index contributed by atoms with van der Waals surface area (Å²) in [6, 6.07) is 15.1. The minimum absolute atomic E-state index is 0.301. The predicted octanol–water partition coefficient (Wildman–Crippen LogP) is 2.71. The fraction of sp³-hybridized carbons (Fsp3) is 0.333. The highest BCUT2D eigenvalue weighted by atomic mass is 32.2. The van der Waals surface area contributed by atoms with Crippen LogP contribution in [0.2, 0.25) is 0 Å². The second-order valence-electron chi connectivity index (χ2n) is 7.73. The van der Waals surface area contributed by atoms with Gasteiger partial charge >= 0.3 is 0 Å². The maximum absolute atomic E-state index is 13.3. The van der Waals surface area contributed by atoms with Crippen molar-refractivity contribution in [3.8, 4) is 22.8 Å². The van der Waals surface area contributed by atoms with Gasteiger partial charge in [0.15, 0.2) is 11.6 Å². The van der Waals surface area contributed by atoms with E-state index in [2.05, 4.69) is 15.2 Å². The molecule has 0 radical (unpaired) electrons. The summed E-state index contributed by atoms with van der Waals surface area (Å²) in [5, 5.41) is 7.24. The van der Waals surface area contributed by atoms with Gasteiger partial charge in [0.05, 0.1) is 18.1 Å². The molecule has 2 aliphatic rings. The first-order valence-electron chi connectivity index (χ1n) is 9.69. The molecule has 7 nitrogen and oxygen atoms in total. The van der Waals surface area contributed by atoms with Crippen LogP contribution in [0.25, 0.3) is 22.8 Å². The van der Waals surface area contributed by atoms with Crippen LogP contribution in [-0.2, 0) is 14.8 Å². The van der Waals surface area contributed by atoms with Gasteiger partial charge in [-0.1, -0.05) is 42.5 Å². The van der Waals surface area contributed by atoms with E-state index in [9.17, 15) is 8.42 Å². The summed E-state index contributed by atoms with van der Waals surface area (Å²) in [4.78, 5) is 4.88. The quantitative estimate of drug-likeness (QED) is 0.714. The second kappa shape index (κ2) is 7.05. The maximum atomic E-state index is 13.3. The molecule has 0 unspecified atom stereocenters. The number of rotatable bonds is 4. The summed E-state index contributed by atoms with van der Waals surface area (Å²) >= 11 is 0. The average Bonchev–Trinajstić information content (AvgIpc) is 3.45. The minimum atomic E-state index is -3.58. The average molecular weight is 410 g/mol. The molecular formula is C21H22N4O3S. The molecule has 0 spiro atoms. The summed E-state index contributed by atoms with van der Waals surface area (Å²) in [5.41, 5.74) is 2.33. The van der Waals surface area contributed by atoms with E-state index >= 15 is 0 Å². The van der Waals surface area contributed by atoms with Crippen molar-refractivity contribution >= 4 is 10.0 Å². The molecule has 5 rings (SSSR count). The molecule has 3 aromatic rings. The van der Waals surface area contributed by atoms with E-state index in [1.165, 1.54) is 0 Å². The lowest BCUT2D eigenvalue weighted by Crippen LogP contribution is -2.31. The number of hydrogen-bond donors (Lipinski definition) is 1. The Labute approximate surface area is 169 Å². The van der Waals surface area contributed by atoms with Crippen molar-refractivity contribution in [2.45, 2.75) is 11.8 Å². The number of fused-ring (bicyclic) bond motifs is 1. The highest BCUT2D eigenvalue weighted by Gasteiger charge is 2.42. The van der Waals surface area contributed by atoms with E-state index in [0.29, 0.717) is 60.2 Å². The number of hydrogen-bond acceptors (Lipinski definition) is 5. The van der Waals surface area contributed by atoms with Crippen LogP contribution in [0.4, 0.5) is 0 Å². The molecule has 2 fully saturated rings. The summed E-state index contributed by atoms with van der Waals surface area (Å²) in [6.45, 7) is 4.17. The topological polar surface area (TPSA) is 88.2 Å². The van der Waals surface area contributed by atoms with Gasteiger partial charge in [-0.3, -0.25) is 5.10 Å². The third-order valence-electron chi connectivity index (χ3n) is 5.80. The van der Waals surface area contributed by atoms with E-state index in [-0.39, 0.29) is 0 Å². The summed E-state index contributed by atoms with van der Waals surface area (Å²) in [5.74, 6) is 1.73. The first kappa shape index (κ1) is 18.5. The molecule has 150 valence electrons. The monoisotopic (exact) mass is 410 g/mol. The number of nitrogens with one attached hydrogen (secondary N) is 1. The predicted molar refractivity (Wildman–Crippen MR) is 109 cm³/mol. The number of ether oxygens (including phenoxy) is 1. The number of aromatic nitrogens is 3. The van der Waals surface area contributed by atoms with Gasteiger partial charge in [-0.05, 0) is 18.6 Å². The molecule has 0 saturated carbocycles. The largest absolute Gasteiger partial charge is 0.381 e. The van der Waals surface area contributed by atoms with Crippen molar-refractivity contribution in [3.05, 3.63) is 54.1 Å². The fourth-order valence-corrected chi connectivity index (χ4v) is 5.92. The highest BCUT2D eigenvalue weighted by Crippen LogP contribution is 2.34. The second-order valence-corrected chi connectivity index (χ2v) is 9.64. The number of aromatic amines is 1. The Morgan fingerprint density at radius 3 is 2.48 bits per heavy atom. The molecule has 2 saturated heterocycles. The van der Waals surface area contributed by atoms with Crippen molar-refractivity contribution < 1.29 is 13.2 Å². The molecule has 0 aliphatic carbocycles. The Kier molecular flexibility index (Phi) is 4.49. The van der Waals surface area contributed by atoms with Gasteiger partial charge in [-0.25, -0.2) is 13.4 Å². The first-order valence-corrected chi connectivity index (χ1v) is 11.1. The van der Waals surface area contributed by atoms with Crippen LogP contribution < -0.4 is 0 Å². The zero-order chi connectivity index (χ0) is 20.0. The van der Waals surface area contributed by atoms with E-state index in [1.54, 1.807) is 10.4 Å². The Hall–Kier alpha value is -2.55. The van der Waals surface area contributed by atoms with Crippen LogP contribution in [0.3, 0.4) is 0 Å². The van der Waals surface area contributed by atoms with Crippen LogP contribution in [0.5, 0.6) is 0 Å². The third-order valence-corrected chi connectivity index (χ3v) is 7.78. The van der Waals surface area contributed by atoms with Gasteiger partial charge in [0.25, 0.3) is 0 Å². The van der Waals surface area contributed by atoms with E-state index in [0.717, 1.165) is 11.1 Å². The zero-order valence-corrected chi connectivity index (χ0v) is 16.9. The number of nitrogens with zero attached hydrogens (tertiary/aromatic N) is 3. The van der Waals surface area contributed by atoms with Crippen molar-refractivity contribution in [3.63, 3.8) is 0 Å². The SMILES string of the molecule is Cc1ccc(-c2n[nH]c(-c3ccccc3)n2)cc1S(=O)(=O)N1C[C@H]2COC[C@H]2C1. The van der Waals surface area contributed by atoms with Gasteiger partial charge in [0, 0.05) is 36.1 Å². The first-order chi connectivity index (χ1) is 14.0. The van der Waals surface area contributed by atoms with E-state index < -0.39 is 10.0 Å². The molecule has 8 heteroatoms. The third kappa shape index (κ3) is 3.27. The van der Waals surface area contributed by atoms with Crippen LogP contribution in [0, 0.1) is 18.8 Å². The van der Waals surface area contributed by atoms with Crippen LogP contribution in [0.15, 0.2) is 53.4 Å². The highest BCUT2D eigenvalue weighted by molar-refractivity contribution is 7.89. The smallest absolute Gasteiger partial charge is 0.243 e. The van der Waals surface area contributed by atoms with Crippen LogP contribution in [0.1, 0.15) is 5.56 Å². The molecule has 0 bridgehead atoms. The Balaban J connectivity index is 1.47. The lowest BCUT2D eigenvalue weighted by molar-refractivity contribution is 0.168. The summed E-state index contributed by atoms with van der Waals surface area (Å²) in [6.07, 6.45) is 0. The molecule has 0 amide bonds. The molecule has 29 heavy (non-hydrogen) atoms.